The average Bonchev–Trinajstić information content (AvgIpc) is 2.83. The van der Waals surface area contributed by atoms with Gasteiger partial charge in [0.2, 0.25) is 10.0 Å². The van der Waals surface area contributed by atoms with E-state index in [-0.39, 0.29) is 16.2 Å². The van der Waals surface area contributed by atoms with E-state index in [1.54, 1.807) is 37.3 Å². The zero-order valence-electron chi connectivity index (χ0n) is 20.7. The molecule has 8 heteroatoms. The Morgan fingerprint density at radius 3 is 2.31 bits per heavy atom. The molecule has 1 heterocycles. The van der Waals surface area contributed by atoms with Crippen LogP contribution in [0.1, 0.15) is 35.5 Å². The lowest BCUT2D eigenvalue weighted by atomic mass is 10.1. The third-order valence-corrected chi connectivity index (χ3v) is 8.26. The fourth-order valence-corrected chi connectivity index (χ4v) is 5.69. The molecule has 0 radical (unpaired) electrons. The molecular formula is C27H29N3O4S. The Balaban J connectivity index is 1.94. The average molecular weight is 492 g/mol. The molecule has 1 aromatic heterocycles. The van der Waals surface area contributed by atoms with Crippen molar-refractivity contribution in [3.63, 3.8) is 0 Å². The molecule has 1 unspecified atom stereocenters. The molecule has 0 amide bonds. The minimum absolute atomic E-state index is 0.0566. The van der Waals surface area contributed by atoms with Crippen molar-refractivity contribution in [3.05, 3.63) is 93.5 Å². The minimum Gasteiger partial charge on any atom is -0.495 e. The molecule has 0 bridgehead atoms. The van der Waals surface area contributed by atoms with Crippen LogP contribution in [0, 0.1) is 20.8 Å². The molecule has 0 spiro atoms. The van der Waals surface area contributed by atoms with Gasteiger partial charge in [-0.05, 0) is 69.2 Å². The lowest BCUT2D eigenvalue weighted by Gasteiger charge is -2.27. The summed E-state index contributed by atoms with van der Waals surface area (Å²) < 4.78 is 35.5. The summed E-state index contributed by atoms with van der Waals surface area (Å²) in [5.41, 5.74) is 3.77. The Kier molecular flexibility index (Phi) is 6.53. The van der Waals surface area contributed by atoms with Crippen molar-refractivity contribution in [3.8, 4) is 11.4 Å². The van der Waals surface area contributed by atoms with Crippen molar-refractivity contribution in [2.24, 2.45) is 0 Å². The van der Waals surface area contributed by atoms with Crippen LogP contribution in [0.25, 0.3) is 16.6 Å². The fourth-order valence-electron chi connectivity index (χ4n) is 4.23. The number of ether oxygens (including phenoxy) is 1. The quantitative estimate of drug-likeness (QED) is 0.390. The molecule has 1 atom stereocenters. The fraction of sp³-hybridized carbons (Fsp3) is 0.259. The van der Waals surface area contributed by atoms with E-state index >= 15 is 0 Å². The van der Waals surface area contributed by atoms with Gasteiger partial charge in [0, 0.05) is 7.05 Å². The van der Waals surface area contributed by atoms with Gasteiger partial charge in [-0.2, -0.15) is 4.31 Å². The molecular weight excluding hydrogens is 462 g/mol. The van der Waals surface area contributed by atoms with Gasteiger partial charge < -0.3 is 4.74 Å². The van der Waals surface area contributed by atoms with E-state index in [1.165, 1.54) is 29.1 Å². The van der Waals surface area contributed by atoms with Gasteiger partial charge in [-0.3, -0.25) is 9.36 Å². The summed E-state index contributed by atoms with van der Waals surface area (Å²) in [5, 5.41) is 0.467. The first kappa shape index (κ1) is 24.6. The van der Waals surface area contributed by atoms with E-state index < -0.39 is 16.1 Å². The van der Waals surface area contributed by atoms with Crippen LogP contribution in [0.5, 0.6) is 5.75 Å². The molecule has 0 fully saturated rings. The number of rotatable bonds is 6. The molecule has 7 nitrogen and oxygen atoms in total. The predicted molar refractivity (Wildman–Crippen MR) is 138 cm³/mol. The highest BCUT2D eigenvalue weighted by molar-refractivity contribution is 7.89. The van der Waals surface area contributed by atoms with E-state index in [4.69, 9.17) is 9.72 Å². The van der Waals surface area contributed by atoms with Gasteiger partial charge in [-0.15, -0.1) is 0 Å². The maximum Gasteiger partial charge on any atom is 0.266 e. The number of nitrogens with zero attached hydrogens (tertiary/aromatic N) is 3. The molecule has 4 rings (SSSR count). The van der Waals surface area contributed by atoms with Gasteiger partial charge >= 0.3 is 0 Å². The summed E-state index contributed by atoms with van der Waals surface area (Å²) in [4.78, 5) is 18.5. The second kappa shape index (κ2) is 9.28. The first-order valence-electron chi connectivity index (χ1n) is 11.3. The van der Waals surface area contributed by atoms with Crippen molar-refractivity contribution in [1.29, 1.82) is 0 Å². The van der Waals surface area contributed by atoms with Gasteiger partial charge in [0.15, 0.2) is 0 Å². The third kappa shape index (κ3) is 4.35. The van der Waals surface area contributed by atoms with Crippen LogP contribution in [0.3, 0.4) is 0 Å². The number of hydrogen-bond donors (Lipinski definition) is 0. The SMILES string of the molecule is COc1cc(C)ccc1S(=O)(=O)N(C)C(C)c1nc2ccccc2c(=O)n1-c1ccc(C)cc1C. The summed E-state index contributed by atoms with van der Waals surface area (Å²) in [6, 6.07) is 17.1. The summed E-state index contributed by atoms with van der Waals surface area (Å²) in [5.74, 6) is 0.597. The number of sulfonamides is 1. The Labute approximate surface area is 205 Å². The first-order chi connectivity index (χ1) is 16.6. The van der Waals surface area contributed by atoms with E-state index in [0.717, 1.165) is 16.7 Å². The summed E-state index contributed by atoms with van der Waals surface area (Å²) in [6.07, 6.45) is 0. The monoisotopic (exact) mass is 491 g/mol. The lowest BCUT2D eigenvalue weighted by molar-refractivity contribution is 0.369. The third-order valence-electron chi connectivity index (χ3n) is 6.29. The highest BCUT2D eigenvalue weighted by Gasteiger charge is 2.32. The zero-order valence-corrected chi connectivity index (χ0v) is 21.6. The van der Waals surface area contributed by atoms with E-state index in [0.29, 0.717) is 22.4 Å². The normalized spacial score (nSPS) is 12.8. The van der Waals surface area contributed by atoms with Gasteiger partial charge in [0.25, 0.3) is 5.56 Å². The maximum absolute atomic E-state index is 13.7. The minimum atomic E-state index is -3.97. The first-order valence-corrected chi connectivity index (χ1v) is 12.7. The van der Waals surface area contributed by atoms with E-state index in [2.05, 4.69) is 0 Å². The largest absolute Gasteiger partial charge is 0.495 e. The molecule has 0 saturated heterocycles. The van der Waals surface area contributed by atoms with Crippen LogP contribution in [-0.4, -0.2) is 36.4 Å². The number of benzene rings is 3. The predicted octanol–water partition coefficient (Wildman–Crippen LogP) is 4.70. The highest BCUT2D eigenvalue weighted by Crippen LogP contribution is 2.32. The van der Waals surface area contributed by atoms with Crippen LogP contribution in [0.4, 0.5) is 0 Å². The molecule has 0 N–H and O–H groups in total. The Bertz CT molecular complexity index is 1590. The molecule has 35 heavy (non-hydrogen) atoms. The molecule has 0 saturated carbocycles. The topological polar surface area (TPSA) is 81.5 Å². The molecule has 0 aliphatic heterocycles. The lowest BCUT2D eigenvalue weighted by Crippen LogP contribution is -2.35. The van der Waals surface area contributed by atoms with E-state index in [9.17, 15) is 13.2 Å². The molecule has 3 aromatic carbocycles. The number of aromatic nitrogens is 2. The van der Waals surface area contributed by atoms with Gasteiger partial charge in [-0.1, -0.05) is 35.9 Å². The van der Waals surface area contributed by atoms with Gasteiger partial charge in [-0.25, -0.2) is 13.4 Å². The molecule has 0 aliphatic rings. The number of methoxy groups -OCH3 is 1. The van der Waals surface area contributed by atoms with Crippen molar-refractivity contribution < 1.29 is 13.2 Å². The van der Waals surface area contributed by atoms with Crippen molar-refractivity contribution in [2.75, 3.05) is 14.2 Å². The smallest absolute Gasteiger partial charge is 0.266 e. The van der Waals surface area contributed by atoms with Crippen LogP contribution < -0.4 is 10.3 Å². The molecule has 4 aromatic rings. The number of aryl methyl sites for hydroxylation is 3. The number of para-hydroxylation sites is 1. The molecule has 0 aliphatic carbocycles. The second-order valence-electron chi connectivity index (χ2n) is 8.77. The Morgan fingerprint density at radius 2 is 1.63 bits per heavy atom. The highest BCUT2D eigenvalue weighted by atomic mass is 32.2. The van der Waals surface area contributed by atoms with Crippen LogP contribution in [0.2, 0.25) is 0 Å². The Morgan fingerprint density at radius 1 is 0.971 bits per heavy atom. The van der Waals surface area contributed by atoms with Crippen molar-refractivity contribution in [1.82, 2.24) is 13.9 Å². The van der Waals surface area contributed by atoms with Gasteiger partial charge in [0.05, 0.1) is 29.7 Å². The van der Waals surface area contributed by atoms with Crippen LogP contribution in [0.15, 0.2) is 70.4 Å². The maximum atomic E-state index is 13.7. The van der Waals surface area contributed by atoms with Crippen LogP contribution in [-0.2, 0) is 10.0 Å². The van der Waals surface area contributed by atoms with E-state index in [1.807, 2.05) is 45.0 Å². The Hall–Kier alpha value is -3.49. The molecule has 182 valence electrons. The van der Waals surface area contributed by atoms with Crippen LogP contribution >= 0.6 is 0 Å². The number of fused-ring (bicyclic) bond motifs is 1. The second-order valence-corrected chi connectivity index (χ2v) is 10.7. The summed E-state index contributed by atoms with van der Waals surface area (Å²) in [7, 11) is -1.04. The van der Waals surface area contributed by atoms with Gasteiger partial charge in [0.1, 0.15) is 16.5 Å². The summed E-state index contributed by atoms with van der Waals surface area (Å²) in [6.45, 7) is 7.51. The van der Waals surface area contributed by atoms with Crippen molar-refractivity contribution in [2.45, 2.75) is 38.6 Å². The number of hydrogen-bond acceptors (Lipinski definition) is 5. The summed E-state index contributed by atoms with van der Waals surface area (Å²) >= 11 is 0. The zero-order chi connectivity index (χ0) is 25.5. The van der Waals surface area contributed by atoms with Crippen molar-refractivity contribution >= 4 is 20.9 Å². The standard InChI is InChI=1S/C27H29N3O4S/c1-17-11-13-23(19(3)15-17)30-26(28-22-10-8-7-9-21(22)27(30)31)20(4)29(5)35(32,33)25-14-12-18(2)16-24(25)34-6/h7-16,20H,1-6H3.